The lowest BCUT2D eigenvalue weighted by atomic mass is 9.81. The molecular formula is C24H39BN4O5S. The smallest absolute Gasteiger partial charge is 0.444 e. The predicted octanol–water partition coefficient (Wildman–Crippen LogP) is 3.16. The fourth-order valence-electron chi connectivity index (χ4n) is 3.93. The maximum absolute atomic E-state index is 13.1. The normalized spacial score (nSPS) is 22.6. The molecule has 2 aliphatic heterocycles. The molecule has 2 saturated heterocycles. The Bertz CT molecular complexity index is 890. The number of ether oxygens (including phenoxy) is 1. The van der Waals surface area contributed by atoms with E-state index in [0.29, 0.717) is 17.5 Å². The molecular weight excluding hydrogens is 467 g/mol. The van der Waals surface area contributed by atoms with E-state index in [9.17, 15) is 9.59 Å². The molecule has 0 saturated carbocycles. The topological polar surface area (TPSA) is 103 Å². The molecule has 0 bridgehead atoms. The van der Waals surface area contributed by atoms with Crippen LogP contribution in [0.3, 0.4) is 0 Å². The molecule has 2 amide bonds. The predicted molar refractivity (Wildman–Crippen MR) is 137 cm³/mol. The Hall–Kier alpha value is -1.85. The van der Waals surface area contributed by atoms with Gasteiger partial charge in [0.15, 0.2) is 5.16 Å². The third-order valence-corrected chi connectivity index (χ3v) is 7.61. The number of hydrogen-bond donors (Lipinski definition) is 1. The van der Waals surface area contributed by atoms with E-state index in [4.69, 9.17) is 14.0 Å². The molecule has 0 radical (unpaired) electrons. The first-order valence-electron chi connectivity index (χ1n) is 12.3. The molecule has 0 spiro atoms. The van der Waals surface area contributed by atoms with Gasteiger partial charge in [-0.05, 0) is 74.7 Å². The molecule has 35 heavy (non-hydrogen) atoms. The van der Waals surface area contributed by atoms with Crippen LogP contribution in [0.4, 0.5) is 4.79 Å². The number of amides is 2. The van der Waals surface area contributed by atoms with E-state index < -0.39 is 36.1 Å². The minimum Gasteiger partial charge on any atom is -0.444 e. The molecule has 2 atom stereocenters. The molecule has 1 aromatic rings. The summed E-state index contributed by atoms with van der Waals surface area (Å²) >= 11 is 1.52. The zero-order chi connectivity index (χ0) is 26.0. The van der Waals surface area contributed by atoms with Crippen LogP contribution >= 0.6 is 11.8 Å². The highest BCUT2D eigenvalue weighted by Gasteiger charge is 2.52. The summed E-state index contributed by atoms with van der Waals surface area (Å²) in [5, 5.41) is 3.31. The number of nitrogens with one attached hydrogen (secondary N) is 1. The second-order valence-electron chi connectivity index (χ2n) is 11.2. The van der Waals surface area contributed by atoms with Crippen molar-refractivity contribution in [3.63, 3.8) is 0 Å². The van der Waals surface area contributed by atoms with E-state index in [1.54, 1.807) is 40.1 Å². The summed E-state index contributed by atoms with van der Waals surface area (Å²) < 4.78 is 17.4. The molecule has 2 fully saturated rings. The minimum atomic E-state index is -0.661. The maximum Gasteiger partial charge on any atom is 0.498 e. The lowest BCUT2D eigenvalue weighted by molar-refractivity contribution is -0.136. The summed E-state index contributed by atoms with van der Waals surface area (Å²) in [6.45, 7) is 15.8. The van der Waals surface area contributed by atoms with Crippen molar-refractivity contribution in [1.82, 2.24) is 20.2 Å². The van der Waals surface area contributed by atoms with Crippen LogP contribution in [-0.2, 0) is 18.8 Å². The van der Waals surface area contributed by atoms with Crippen LogP contribution in [0.5, 0.6) is 0 Å². The fraction of sp³-hybridized carbons (Fsp3) is 0.750. The molecule has 194 valence electrons. The van der Waals surface area contributed by atoms with E-state index in [-0.39, 0.29) is 11.9 Å². The van der Waals surface area contributed by atoms with Crippen LogP contribution in [0, 0.1) is 0 Å². The van der Waals surface area contributed by atoms with Crippen LogP contribution in [0.25, 0.3) is 0 Å². The van der Waals surface area contributed by atoms with Crippen molar-refractivity contribution in [2.24, 2.45) is 0 Å². The first-order chi connectivity index (χ1) is 16.2. The quantitative estimate of drug-likeness (QED) is 0.357. The van der Waals surface area contributed by atoms with Crippen molar-refractivity contribution in [1.29, 1.82) is 0 Å². The van der Waals surface area contributed by atoms with E-state index in [0.717, 1.165) is 24.7 Å². The monoisotopic (exact) mass is 506 g/mol. The van der Waals surface area contributed by atoms with Gasteiger partial charge in [0.05, 0.1) is 11.2 Å². The summed E-state index contributed by atoms with van der Waals surface area (Å²) in [4.78, 5) is 36.1. The third-order valence-electron chi connectivity index (χ3n) is 6.59. The Morgan fingerprint density at radius 1 is 1.20 bits per heavy atom. The zero-order valence-corrected chi connectivity index (χ0v) is 23.0. The Morgan fingerprint density at radius 2 is 1.80 bits per heavy atom. The summed E-state index contributed by atoms with van der Waals surface area (Å²) in [5.41, 5.74) is -0.672. The van der Waals surface area contributed by atoms with Gasteiger partial charge in [0, 0.05) is 36.2 Å². The van der Waals surface area contributed by atoms with Gasteiger partial charge in [0.1, 0.15) is 11.6 Å². The number of thioether (sulfide) groups is 1. The summed E-state index contributed by atoms with van der Waals surface area (Å²) in [6, 6.07) is -0.610. The molecule has 11 heteroatoms. The molecule has 9 nitrogen and oxygen atoms in total. The van der Waals surface area contributed by atoms with Gasteiger partial charge in [0.2, 0.25) is 5.91 Å². The molecule has 3 heterocycles. The van der Waals surface area contributed by atoms with Crippen LogP contribution in [0.1, 0.15) is 74.7 Å². The highest BCUT2D eigenvalue weighted by molar-refractivity contribution is 7.99. The average Bonchev–Trinajstić information content (AvgIpc) is 2.97. The zero-order valence-electron chi connectivity index (χ0n) is 22.2. The molecule has 0 aliphatic carbocycles. The van der Waals surface area contributed by atoms with Gasteiger partial charge in [-0.2, -0.15) is 0 Å². The molecule has 0 unspecified atom stereocenters. The molecule has 1 aromatic heterocycles. The summed E-state index contributed by atoms with van der Waals surface area (Å²) in [6.07, 6.45) is 5.82. The molecule has 1 N–H and O–H groups in total. The Balaban J connectivity index is 1.56. The van der Waals surface area contributed by atoms with E-state index in [2.05, 4.69) is 15.3 Å². The van der Waals surface area contributed by atoms with Crippen molar-refractivity contribution in [3.8, 4) is 0 Å². The van der Waals surface area contributed by atoms with Crippen molar-refractivity contribution in [2.75, 3.05) is 12.3 Å². The van der Waals surface area contributed by atoms with Crippen LogP contribution in [-0.4, -0.2) is 75.2 Å². The second kappa shape index (κ2) is 10.6. The highest BCUT2D eigenvalue weighted by Crippen LogP contribution is 2.36. The van der Waals surface area contributed by atoms with Crippen molar-refractivity contribution < 1.29 is 23.6 Å². The maximum atomic E-state index is 13.1. The molecule has 2 aliphatic rings. The number of carbonyl (C=O) groups excluding carboxylic acids is 2. The first-order valence-corrected chi connectivity index (χ1v) is 13.3. The van der Waals surface area contributed by atoms with Crippen molar-refractivity contribution in [2.45, 2.75) is 109 Å². The standard InChI is InChI=1S/C24H39BN4O5S/c1-16(28-21(31)32-22(2,3)4)19(30)29-12-10-9-11-18(29)15-35-20-26-13-17(14-27-20)25-33-23(5,6)24(7,8)34-25/h13-14,16,18H,9-12,15H2,1-8H3,(H,28,31)/t16-,18+/m1/s1. The van der Waals surface area contributed by atoms with E-state index in [1.165, 1.54) is 11.8 Å². The summed E-state index contributed by atoms with van der Waals surface area (Å²) in [5.74, 6) is 0.582. The van der Waals surface area contributed by atoms with Gasteiger partial charge in [0.25, 0.3) is 0 Å². The van der Waals surface area contributed by atoms with Gasteiger partial charge in [-0.15, -0.1) is 0 Å². The number of likely N-dealkylation sites (tertiary alicyclic amines) is 1. The number of nitrogens with zero attached hydrogens (tertiary/aromatic N) is 3. The molecule has 0 aromatic carbocycles. The number of carbonyl (C=O) groups is 2. The van der Waals surface area contributed by atoms with Gasteiger partial charge in [-0.3, -0.25) is 4.79 Å². The average molecular weight is 506 g/mol. The van der Waals surface area contributed by atoms with Gasteiger partial charge in [-0.25, -0.2) is 14.8 Å². The number of rotatable bonds is 6. The Kier molecular flexibility index (Phi) is 8.43. The Morgan fingerprint density at radius 3 is 2.37 bits per heavy atom. The fourth-order valence-corrected chi connectivity index (χ4v) is 4.87. The van der Waals surface area contributed by atoms with Crippen molar-refractivity contribution >= 4 is 36.3 Å². The lowest BCUT2D eigenvalue weighted by Crippen LogP contribution is -2.53. The van der Waals surface area contributed by atoms with Crippen LogP contribution in [0.2, 0.25) is 0 Å². The van der Waals surface area contributed by atoms with E-state index >= 15 is 0 Å². The highest BCUT2D eigenvalue weighted by atomic mass is 32.2. The van der Waals surface area contributed by atoms with Gasteiger partial charge in [-0.1, -0.05) is 11.8 Å². The number of alkyl carbamates (subject to hydrolysis) is 1. The number of aromatic nitrogens is 2. The second-order valence-corrected chi connectivity index (χ2v) is 12.2. The van der Waals surface area contributed by atoms with Crippen LogP contribution in [0.15, 0.2) is 17.6 Å². The van der Waals surface area contributed by atoms with E-state index in [1.807, 2.05) is 32.6 Å². The number of hydrogen-bond acceptors (Lipinski definition) is 8. The van der Waals surface area contributed by atoms with Gasteiger partial charge < -0.3 is 24.3 Å². The van der Waals surface area contributed by atoms with Gasteiger partial charge >= 0.3 is 13.2 Å². The molecule has 3 rings (SSSR count). The largest absolute Gasteiger partial charge is 0.498 e. The minimum absolute atomic E-state index is 0.0514. The summed E-state index contributed by atoms with van der Waals surface area (Å²) in [7, 11) is -0.496. The lowest BCUT2D eigenvalue weighted by Gasteiger charge is -2.37. The SMILES string of the molecule is C[C@@H](NC(=O)OC(C)(C)C)C(=O)N1CCCC[C@H]1CSc1ncc(B2OC(C)(C)C(C)(C)O2)cn1. The van der Waals surface area contributed by atoms with Crippen LogP contribution < -0.4 is 10.8 Å². The third kappa shape index (κ3) is 7.10. The Labute approximate surface area is 213 Å². The van der Waals surface area contributed by atoms with Crippen molar-refractivity contribution in [3.05, 3.63) is 12.4 Å². The first kappa shape index (κ1) is 27.7. The number of piperidine rings is 1.